The molecule has 1 atom stereocenters. The molecule has 1 aromatic heterocycles. The lowest BCUT2D eigenvalue weighted by Gasteiger charge is -2.44. The summed E-state index contributed by atoms with van der Waals surface area (Å²) >= 11 is 0. The summed E-state index contributed by atoms with van der Waals surface area (Å²) in [5.41, 5.74) is 1.58. The highest BCUT2D eigenvalue weighted by molar-refractivity contribution is 5.65. The van der Waals surface area contributed by atoms with Crippen LogP contribution in [0.25, 0.3) is 11.1 Å². The molecule has 160 valence electrons. The Hall–Kier alpha value is -3.10. The van der Waals surface area contributed by atoms with Crippen LogP contribution in [0.1, 0.15) is 51.3 Å². The molecule has 31 heavy (non-hydrogen) atoms. The van der Waals surface area contributed by atoms with Crippen LogP contribution in [0.3, 0.4) is 0 Å². The van der Waals surface area contributed by atoms with Gasteiger partial charge in [0.2, 0.25) is 0 Å². The van der Waals surface area contributed by atoms with Gasteiger partial charge in [-0.2, -0.15) is 5.26 Å². The monoisotopic (exact) mass is 417 g/mol. The van der Waals surface area contributed by atoms with Gasteiger partial charge in [-0.25, -0.2) is 14.4 Å². The summed E-state index contributed by atoms with van der Waals surface area (Å²) in [7, 11) is 1.58. The molecular weight excluding hydrogens is 389 g/mol. The van der Waals surface area contributed by atoms with Gasteiger partial charge in [-0.1, -0.05) is 57.2 Å². The fraction of sp³-hybridized carbons (Fsp3) is 0.346. The van der Waals surface area contributed by atoms with Crippen molar-refractivity contribution in [2.75, 3.05) is 7.11 Å². The first kappa shape index (κ1) is 22.6. The van der Waals surface area contributed by atoms with E-state index in [1.165, 1.54) is 12.4 Å². The van der Waals surface area contributed by atoms with Crippen molar-refractivity contribution in [3.05, 3.63) is 83.7 Å². The van der Waals surface area contributed by atoms with E-state index >= 15 is 4.39 Å². The molecule has 0 spiro atoms. The second kappa shape index (κ2) is 8.20. The molecule has 4 nitrogen and oxygen atoms in total. The Morgan fingerprint density at radius 3 is 1.94 bits per heavy atom. The highest BCUT2D eigenvalue weighted by Gasteiger charge is 2.47. The van der Waals surface area contributed by atoms with Gasteiger partial charge in [0, 0.05) is 30.6 Å². The van der Waals surface area contributed by atoms with Crippen LogP contribution in [0.5, 0.6) is 0 Å². The molecule has 1 heterocycles. The first-order valence-electron chi connectivity index (χ1n) is 10.2. The predicted octanol–water partition coefficient (Wildman–Crippen LogP) is 6.02. The SMILES string of the molecule is COC(c1cncnc1)(c1ccc(-c2ccc(C(C)(C)C#N)cc2)cc1F)C(C)(C)C. The maximum absolute atomic E-state index is 15.6. The van der Waals surface area contributed by atoms with Crippen molar-refractivity contribution < 1.29 is 9.13 Å². The maximum atomic E-state index is 15.6. The summed E-state index contributed by atoms with van der Waals surface area (Å²) in [5.74, 6) is -0.362. The van der Waals surface area contributed by atoms with Crippen molar-refractivity contribution in [2.45, 2.75) is 45.6 Å². The molecule has 3 aromatic rings. The first-order valence-corrected chi connectivity index (χ1v) is 10.2. The summed E-state index contributed by atoms with van der Waals surface area (Å²) in [4.78, 5) is 8.26. The summed E-state index contributed by atoms with van der Waals surface area (Å²) in [6.07, 6.45) is 4.79. The topological polar surface area (TPSA) is 58.8 Å². The van der Waals surface area contributed by atoms with E-state index in [2.05, 4.69) is 16.0 Å². The summed E-state index contributed by atoms with van der Waals surface area (Å²) in [5, 5.41) is 9.34. The third kappa shape index (κ3) is 3.96. The summed E-state index contributed by atoms with van der Waals surface area (Å²) < 4.78 is 21.6. The molecule has 0 aliphatic carbocycles. The van der Waals surface area contributed by atoms with Gasteiger partial charge < -0.3 is 4.74 Å². The zero-order valence-electron chi connectivity index (χ0n) is 18.9. The molecule has 1 unspecified atom stereocenters. The number of hydrogen-bond acceptors (Lipinski definition) is 4. The van der Waals surface area contributed by atoms with Crippen LogP contribution >= 0.6 is 0 Å². The Kier molecular flexibility index (Phi) is 5.98. The smallest absolute Gasteiger partial charge is 0.130 e. The third-order valence-electron chi connectivity index (χ3n) is 5.90. The maximum Gasteiger partial charge on any atom is 0.130 e. The van der Waals surface area contributed by atoms with E-state index in [0.717, 1.165) is 16.7 Å². The van der Waals surface area contributed by atoms with Crippen LogP contribution < -0.4 is 0 Å². The van der Waals surface area contributed by atoms with Crippen molar-refractivity contribution in [1.29, 1.82) is 5.26 Å². The van der Waals surface area contributed by atoms with Crippen molar-refractivity contribution >= 4 is 0 Å². The number of rotatable bonds is 5. The number of methoxy groups -OCH3 is 1. The summed E-state index contributed by atoms with van der Waals surface area (Å²) in [6.45, 7) is 9.77. The molecule has 0 aliphatic rings. The molecule has 0 fully saturated rings. The lowest BCUT2D eigenvalue weighted by molar-refractivity contribution is -0.0673. The number of ether oxygens (including phenoxy) is 1. The standard InChI is InChI=1S/C26H28FN3O/c1-24(2,3)26(31-6,21-14-29-17-30-15-21)22-12-9-19(13-23(22)27)18-7-10-20(11-8-18)25(4,5)16-28/h7-15,17H,1-6H3. The number of halogens is 1. The Labute approximate surface area is 183 Å². The van der Waals surface area contributed by atoms with Gasteiger partial charge in [0.15, 0.2) is 0 Å². The van der Waals surface area contributed by atoms with E-state index in [9.17, 15) is 5.26 Å². The molecular formula is C26H28FN3O. The van der Waals surface area contributed by atoms with Crippen molar-refractivity contribution in [3.8, 4) is 17.2 Å². The molecule has 0 saturated heterocycles. The van der Waals surface area contributed by atoms with Gasteiger partial charge in [-0.05, 0) is 42.0 Å². The van der Waals surface area contributed by atoms with Crippen LogP contribution in [0.15, 0.2) is 61.2 Å². The van der Waals surface area contributed by atoms with Crippen molar-refractivity contribution in [2.24, 2.45) is 5.41 Å². The van der Waals surface area contributed by atoms with Crippen LogP contribution in [-0.2, 0) is 15.8 Å². The largest absolute Gasteiger partial charge is 0.368 e. The predicted molar refractivity (Wildman–Crippen MR) is 120 cm³/mol. The van der Waals surface area contributed by atoms with E-state index in [1.54, 1.807) is 25.6 Å². The van der Waals surface area contributed by atoms with Crippen LogP contribution in [0.4, 0.5) is 4.39 Å². The van der Waals surface area contributed by atoms with Crippen LogP contribution in [0, 0.1) is 22.6 Å². The van der Waals surface area contributed by atoms with Gasteiger partial charge in [-0.3, -0.25) is 0 Å². The fourth-order valence-corrected chi connectivity index (χ4v) is 4.13. The number of benzene rings is 2. The third-order valence-corrected chi connectivity index (χ3v) is 5.90. The van der Waals surface area contributed by atoms with Gasteiger partial charge in [0.25, 0.3) is 0 Å². The molecule has 0 bridgehead atoms. The lowest BCUT2D eigenvalue weighted by atomic mass is 9.68. The van der Waals surface area contributed by atoms with Gasteiger partial charge >= 0.3 is 0 Å². The zero-order valence-corrected chi connectivity index (χ0v) is 18.9. The molecule has 0 amide bonds. The number of hydrogen-bond donors (Lipinski definition) is 0. The van der Waals surface area contributed by atoms with E-state index < -0.39 is 16.4 Å². The second-order valence-electron chi connectivity index (χ2n) is 9.27. The molecule has 0 saturated carbocycles. The summed E-state index contributed by atoms with van der Waals surface area (Å²) in [6, 6.07) is 15.2. The van der Waals surface area contributed by atoms with E-state index in [1.807, 2.05) is 65.0 Å². The average molecular weight is 418 g/mol. The Balaban J connectivity index is 2.10. The van der Waals surface area contributed by atoms with Crippen LogP contribution in [-0.4, -0.2) is 17.1 Å². The molecule has 0 N–H and O–H groups in total. The minimum absolute atomic E-state index is 0.362. The Bertz CT molecular complexity index is 1100. The van der Waals surface area contributed by atoms with E-state index in [4.69, 9.17) is 4.74 Å². The van der Waals surface area contributed by atoms with E-state index in [0.29, 0.717) is 11.1 Å². The molecule has 2 aromatic carbocycles. The quantitative estimate of drug-likeness (QED) is 0.509. The Morgan fingerprint density at radius 2 is 1.45 bits per heavy atom. The van der Waals surface area contributed by atoms with Crippen molar-refractivity contribution in [3.63, 3.8) is 0 Å². The number of aromatic nitrogens is 2. The first-order chi connectivity index (χ1) is 14.6. The molecule has 0 radical (unpaired) electrons. The van der Waals surface area contributed by atoms with E-state index in [-0.39, 0.29) is 5.82 Å². The minimum Gasteiger partial charge on any atom is -0.368 e. The lowest BCUT2D eigenvalue weighted by Crippen LogP contribution is -2.44. The van der Waals surface area contributed by atoms with Crippen molar-refractivity contribution in [1.82, 2.24) is 9.97 Å². The minimum atomic E-state index is -1.06. The normalized spacial score (nSPS) is 14.0. The highest BCUT2D eigenvalue weighted by Crippen LogP contribution is 2.48. The average Bonchev–Trinajstić information content (AvgIpc) is 2.75. The second-order valence-corrected chi connectivity index (χ2v) is 9.27. The fourth-order valence-electron chi connectivity index (χ4n) is 4.13. The van der Waals surface area contributed by atoms with Crippen LogP contribution in [0.2, 0.25) is 0 Å². The zero-order chi connectivity index (χ0) is 22.9. The van der Waals surface area contributed by atoms with Gasteiger partial charge in [-0.15, -0.1) is 0 Å². The van der Waals surface area contributed by atoms with Gasteiger partial charge in [0.1, 0.15) is 17.7 Å². The molecule has 5 heteroatoms. The van der Waals surface area contributed by atoms with Gasteiger partial charge in [0.05, 0.1) is 11.5 Å². The highest BCUT2D eigenvalue weighted by atomic mass is 19.1. The number of nitrogens with zero attached hydrogens (tertiary/aromatic N) is 3. The molecule has 0 aliphatic heterocycles. The Morgan fingerprint density at radius 1 is 0.871 bits per heavy atom. The molecule has 3 rings (SSSR count). The number of nitriles is 1.